The molecule has 1 unspecified atom stereocenters. The molecular weight excluding hydrogens is 268 g/mol. The quantitative estimate of drug-likeness (QED) is 0.861. The van der Waals surface area contributed by atoms with Crippen LogP contribution in [-0.2, 0) is 4.79 Å². The van der Waals surface area contributed by atoms with Gasteiger partial charge in [0.1, 0.15) is 5.82 Å². The van der Waals surface area contributed by atoms with Gasteiger partial charge in [-0.15, -0.1) is 0 Å². The van der Waals surface area contributed by atoms with Crippen LogP contribution >= 0.6 is 11.8 Å². The predicted octanol–water partition coefficient (Wildman–Crippen LogP) is 3.85. The highest BCUT2D eigenvalue weighted by atomic mass is 32.2. The van der Waals surface area contributed by atoms with E-state index in [4.69, 9.17) is 0 Å². The maximum absolute atomic E-state index is 13.7. The maximum Gasteiger partial charge on any atom is 0.269 e. The van der Waals surface area contributed by atoms with Crippen molar-refractivity contribution >= 4 is 23.4 Å². The minimum atomic E-state index is -1.74. The van der Waals surface area contributed by atoms with Crippen LogP contribution in [0, 0.1) is 5.82 Å². The van der Waals surface area contributed by atoms with Gasteiger partial charge in [-0.05, 0) is 36.4 Å². The summed E-state index contributed by atoms with van der Waals surface area (Å²) in [7, 11) is 0. The van der Waals surface area contributed by atoms with Gasteiger partial charge in [-0.1, -0.05) is 30.0 Å². The lowest BCUT2D eigenvalue weighted by atomic mass is 10.3. The highest BCUT2D eigenvalue weighted by molar-refractivity contribution is 8.00. The standard InChI is InChI=1S/C14H11F2NOS/c15-10-6-8-12(9-7-10)19-13(16)14(18)17-11-4-2-1-3-5-11/h1-9,13H,(H,17,18). The zero-order valence-corrected chi connectivity index (χ0v) is 10.7. The van der Waals surface area contributed by atoms with Gasteiger partial charge in [0.05, 0.1) is 0 Å². The van der Waals surface area contributed by atoms with Gasteiger partial charge in [-0.25, -0.2) is 8.78 Å². The molecule has 0 aliphatic carbocycles. The maximum atomic E-state index is 13.7. The summed E-state index contributed by atoms with van der Waals surface area (Å²) in [4.78, 5) is 12.1. The van der Waals surface area contributed by atoms with Crippen LogP contribution in [-0.4, -0.2) is 11.4 Å². The van der Waals surface area contributed by atoms with Gasteiger partial charge in [-0.3, -0.25) is 4.79 Å². The van der Waals surface area contributed by atoms with E-state index in [1.54, 1.807) is 30.3 Å². The number of nitrogens with one attached hydrogen (secondary N) is 1. The molecule has 0 aliphatic heterocycles. The second-order valence-corrected chi connectivity index (χ2v) is 4.86. The van der Waals surface area contributed by atoms with Gasteiger partial charge < -0.3 is 5.32 Å². The molecule has 98 valence electrons. The number of alkyl halides is 1. The van der Waals surface area contributed by atoms with Crippen LogP contribution in [0.25, 0.3) is 0 Å². The molecule has 0 aliphatic rings. The number of rotatable bonds is 4. The number of benzene rings is 2. The molecule has 2 nitrogen and oxygen atoms in total. The molecule has 2 aromatic carbocycles. The van der Waals surface area contributed by atoms with E-state index in [9.17, 15) is 13.6 Å². The van der Waals surface area contributed by atoms with Gasteiger partial charge in [0.25, 0.3) is 5.91 Å². The molecule has 0 aromatic heterocycles. The number of carbonyl (C=O) groups excluding carboxylic acids is 1. The van der Waals surface area contributed by atoms with E-state index in [2.05, 4.69) is 5.32 Å². The van der Waals surface area contributed by atoms with E-state index in [1.807, 2.05) is 0 Å². The normalized spacial score (nSPS) is 11.9. The van der Waals surface area contributed by atoms with Gasteiger partial charge in [0, 0.05) is 10.6 Å². The average molecular weight is 279 g/mol. The molecule has 0 fully saturated rings. The molecule has 0 saturated heterocycles. The zero-order valence-electron chi connectivity index (χ0n) is 9.85. The number of anilines is 1. The Kier molecular flexibility index (Phi) is 4.52. The van der Waals surface area contributed by atoms with Crippen molar-refractivity contribution in [2.24, 2.45) is 0 Å². The van der Waals surface area contributed by atoms with Crippen molar-refractivity contribution in [3.05, 3.63) is 60.4 Å². The number of hydrogen-bond acceptors (Lipinski definition) is 2. The molecule has 1 amide bonds. The topological polar surface area (TPSA) is 29.1 Å². The van der Waals surface area contributed by atoms with Crippen LogP contribution in [0.3, 0.4) is 0 Å². The van der Waals surface area contributed by atoms with Crippen LogP contribution in [0.4, 0.5) is 14.5 Å². The van der Waals surface area contributed by atoms with Crippen LogP contribution in [0.1, 0.15) is 0 Å². The Morgan fingerprint density at radius 3 is 2.32 bits per heavy atom. The lowest BCUT2D eigenvalue weighted by Crippen LogP contribution is -2.21. The first-order valence-electron chi connectivity index (χ1n) is 5.57. The van der Waals surface area contributed by atoms with E-state index in [-0.39, 0.29) is 0 Å². The minimum Gasteiger partial charge on any atom is -0.323 e. The number of hydrogen-bond donors (Lipinski definition) is 1. The first kappa shape index (κ1) is 13.5. The van der Waals surface area contributed by atoms with E-state index in [0.29, 0.717) is 10.6 Å². The lowest BCUT2D eigenvalue weighted by Gasteiger charge is -2.09. The van der Waals surface area contributed by atoms with Crippen LogP contribution in [0.5, 0.6) is 0 Å². The summed E-state index contributed by atoms with van der Waals surface area (Å²) >= 11 is 0.734. The van der Waals surface area contributed by atoms with Gasteiger partial charge in [0.15, 0.2) is 0 Å². The van der Waals surface area contributed by atoms with Crippen molar-refractivity contribution in [2.75, 3.05) is 5.32 Å². The third kappa shape index (κ3) is 4.06. The largest absolute Gasteiger partial charge is 0.323 e. The molecule has 0 spiro atoms. The Labute approximate surface area is 113 Å². The Morgan fingerprint density at radius 2 is 1.68 bits per heavy atom. The zero-order chi connectivity index (χ0) is 13.7. The number of thioether (sulfide) groups is 1. The van der Waals surface area contributed by atoms with Gasteiger partial charge in [0.2, 0.25) is 5.50 Å². The summed E-state index contributed by atoms with van der Waals surface area (Å²) in [6, 6.07) is 14.0. The summed E-state index contributed by atoms with van der Waals surface area (Å²) < 4.78 is 26.4. The molecule has 5 heteroatoms. The van der Waals surface area contributed by atoms with Crippen molar-refractivity contribution in [1.29, 1.82) is 0 Å². The molecule has 19 heavy (non-hydrogen) atoms. The molecule has 0 radical (unpaired) electrons. The number of halogens is 2. The minimum absolute atomic E-state index is 0.395. The van der Waals surface area contributed by atoms with E-state index >= 15 is 0 Å². The van der Waals surface area contributed by atoms with Crippen molar-refractivity contribution < 1.29 is 13.6 Å². The Bertz CT molecular complexity index is 545. The number of para-hydroxylation sites is 1. The van der Waals surface area contributed by atoms with Crippen LogP contribution in [0.2, 0.25) is 0 Å². The molecule has 2 rings (SSSR count). The summed E-state index contributed by atoms with van der Waals surface area (Å²) in [6.07, 6.45) is 0. The second-order valence-electron chi connectivity index (χ2n) is 3.74. The molecule has 0 bridgehead atoms. The lowest BCUT2D eigenvalue weighted by molar-refractivity contribution is -0.118. The summed E-state index contributed by atoms with van der Waals surface area (Å²) in [5, 5.41) is 2.46. The third-order valence-electron chi connectivity index (χ3n) is 2.30. The van der Waals surface area contributed by atoms with Crippen LogP contribution < -0.4 is 5.32 Å². The fourth-order valence-electron chi connectivity index (χ4n) is 1.41. The van der Waals surface area contributed by atoms with Crippen LogP contribution in [0.15, 0.2) is 59.5 Å². The fourth-order valence-corrected chi connectivity index (χ4v) is 2.10. The number of amides is 1. The SMILES string of the molecule is O=C(Nc1ccccc1)C(F)Sc1ccc(F)cc1. The first-order valence-corrected chi connectivity index (χ1v) is 6.45. The van der Waals surface area contributed by atoms with Gasteiger partial charge >= 0.3 is 0 Å². The highest BCUT2D eigenvalue weighted by Crippen LogP contribution is 2.25. The van der Waals surface area contributed by atoms with E-state index in [0.717, 1.165) is 11.8 Å². The van der Waals surface area contributed by atoms with Crippen molar-refractivity contribution in [3.8, 4) is 0 Å². The van der Waals surface area contributed by atoms with E-state index in [1.165, 1.54) is 24.3 Å². The van der Waals surface area contributed by atoms with Crippen molar-refractivity contribution in [1.82, 2.24) is 0 Å². The molecule has 1 atom stereocenters. The summed E-state index contributed by atoms with van der Waals surface area (Å²) in [5.74, 6) is -1.13. The first-order chi connectivity index (χ1) is 9.15. The Hall–Kier alpha value is -1.88. The highest BCUT2D eigenvalue weighted by Gasteiger charge is 2.18. The molecular formula is C14H11F2NOS. The van der Waals surface area contributed by atoms with Crippen molar-refractivity contribution in [2.45, 2.75) is 10.4 Å². The summed E-state index contributed by atoms with van der Waals surface area (Å²) in [5.41, 5.74) is -1.21. The molecule has 0 heterocycles. The average Bonchev–Trinajstić information content (AvgIpc) is 2.42. The molecule has 1 N–H and O–H groups in total. The molecule has 0 saturated carbocycles. The van der Waals surface area contributed by atoms with Gasteiger partial charge in [-0.2, -0.15) is 0 Å². The third-order valence-corrected chi connectivity index (χ3v) is 3.27. The number of carbonyl (C=O) groups is 1. The summed E-state index contributed by atoms with van der Waals surface area (Å²) in [6.45, 7) is 0. The predicted molar refractivity (Wildman–Crippen MR) is 72.2 cm³/mol. The molecule has 2 aromatic rings. The van der Waals surface area contributed by atoms with Crippen molar-refractivity contribution in [3.63, 3.8) is 0 Å². The Morgan fingerprint density at radius 1 is 1.05 bits per heavy atom. The smallest absolute Gasteiger partial charge is 0.269 e. The monoisotopic (exact) mass is 279 g/mol. The van der Waals surface area contributed by atoms with E-state index < -0.39 is 17.2 Å². The second kappa shape index (κ2) is 6.33. The Balaban J connectivity index is 1.94. The fraction of sp³-hybridized carbons (Fsp3) is 0.0714.